The van der Waals surface area contributed by atoms with E-state index in [1.54, 1.807) is 0 Å². The van der Waals surface area contributed by atoms with Gasteiger partial charge >= 0.3 is 0 Å². The van der Waals surface area contributed by atoms with Crippen molar-refractivity contribution in [2.45, 2.75) is 57.4 Å². The number of aliphatic imine (C=N–C) groups is 1. The molecule has 86 valence electrons. The normalized spacial score (nSPS) is 35.9. The molecule has 0 aromatic heterocycles. The van der Waals surface area contributed by atoms with E-state index < -0.39 is 0 Å². The Morgan fingerprint density at radius 1 is 1.07 bits per heavy atom. The van der Waals surface area contributed by atoms with Crippen LogP contribution >= 0.6 is 0 Å². The molecule has 2 heteroatoms. The number of fused-ring (bicyclic) bond motifs is 1. The number of piperidine rings is 1. The van der Waals surface area contributed by atoms with Gasteiger partial charge in [-0.25, -0.2) is 0 Å². The maximum Gasteiger partial charge on any atom is 0.0985 e. The molecule has 2 atom stereocenters. The van der Waals surface area contributed by atoms with Crippen molar-refractivity contribution in [1.29, 1.82) is 0 Å². The molecule has 2 nitrogen and oxygen atoms in total. The molecule has 0 aromatic carbocycles. The van der Waals surface area contributed by atoms with Gasteiger partial charge < -0.3 is 4.90 Å². The first-order chi connectivity index (χ1) is 7.33. The average molecular weight is 208 g/mol. The molecule has 1 aliphatic carbocycles. The molecule has 2 aliphatic rings. The van der Waals surface area contributed by atoms with Gasteiger partial charge in [0.2, 0.25) is 0 Å². The van der Waals surface area contributed by atoms with Gasteiger partial charge in [0.1, 0.15) is 0 Å². The van der Waals surface area contributed by atoms with E-state index in [1.807, 2.05) is 7.05 Å². The summed E-state index contributed by atoms with van der Waals surface area (Å²) in [6.45, 7) is 0. The largest absolute Gasteiger partial charge is 0.360 e. The summed E-state index contributed by atoms with van der Waals surface area (Å²) >= 11 is 0. The number of hydrogen-bond donors (Lipinski definition) is 0. The Kier molecular flexibility index (Phi) is 3.66. The lowest BCUT2D eigenvalue weighted by Crippen LogP contribution is -2.46. The lowest BCUT2D eigenvalue weighted by Gasteiger charge is -2.42. The first kappa shape index (κ1) is 11.0. The van der Waals surface area contributed by atoms with E-state index in [9.17, 15) is 0 Å². The van der Waals surface area contributed by atoms with Crippen LogP contribution < -0.4 is 0 Å². The molecule has 0 N–H and O–H groups in total. The second kappa shape index (κ2) is 5.00. The highest BCUT2D eigenvalue weighted by atomic mass is 15.2. The van der Waals surface area contributed by atoms with Gasteiger partial charge in [-0.3, -0.25) is 4.99 Å². The molecule has 2 rings (SSSR count). The summed E-state index contributed by atoms with van der Waals surface area (Å²) in [7, 11) is 4.19. The van der Waals surface area contributed by atoms with E-state index in [2.05, 4.69) is 16.9 Å². The van der Waals surface area contributed by atoms with Gasteiger partial charge in [-0.15, -0.1) is 0 Å². The van der Waals surface area contributed by atoms with Crippen molar-refractivity contribution < 1.29 is 0 Å². The van der Waals surface area contributed by atoms with Gasteiger partial charge in [0, 0.05) is 26.6 Å². The van der Waals surface area contributed by atoms with Crippen LogP contribution in [0.4, 0.5) is 0 Å². The minimum Gasteiger partial charge on any atom is -0.360 e. The maximum atomic E-state index is 4.42. The summed E-state index contributed by atoms with van der Waals surface area (Å²) in [5, 5.41) is 0. The molecule has 1 saturated carbocycles. The highest BCUT2D eigenvalue weighted by Gasteiger charge is 2.31. The van der Waals surface area contributed by atoms with Crippen LogP contribution in [0.5, 0.6) is 0 Å². The third-order valence-electron chi connectivity index (χ3n) is 4.27. The van der Waals surface area contributed by atoms with Crippen molar-refractivity contribution in [2.75, 3.05) is 14.1 Å². The molecular weight excluding hydrogens is 184 g/mol. The molecule has 0 aromatic rings. The van der Waals surface area contributed by atoms with E-state index >= 15 is 0 Å². The highest BCUT2D eigenvalue weighted by Crippen LogP contribution is 2.33. The number of rotatable bonds is 0. The van der Waals surface area contributed by atoms with Crippen molar-refractivity contribution in [3.63, 3.8) is 0 Å². The summed E-state index contributed by atoms with van der Waals surface area (Å²) in [6.07, 6.45) is 11.2. The number of nitrogens with zero attached hydrogens (tertiary/aromatic N) is 2. The minimum absolute atomic E-state index is 0.790. The zero-order chi connectivity index (χ0) is 10.7. The third-order valence-corrected chi connectivity index (χ3v) is 4.27. The smallest absolute Gasteiger partial charge is 0.0985 e. The molecule has 0 bridgehead atoms. The summed E-state index contributed by atoms with van der Waals surface area (Å²) in [5.41, 5.74) is 0. The molecule has 0 spiro atoms. The predicted molar refractivity (Wildman–Crippen MR) is 65.3 cm³/mol. The van der Waals surface area contributed by atoms with Crippen LogP contribution in [0.1, 0.15) is 51.4 Å². The highest BCUT2D eigenvalue weighted by molar-refractivity contribution is 5.83. The van der Waals surface area contributed by atoms with Crippen LogP contribution in [-0.4, -0.2) is 30.9 Å². The molecule has 2 unspecified atom stereocenters. The van der Waals surface area contributed by atoms with E-state index in [1.165, 1.54) is 57.2 Å². The Hall–Kier alpha value is -0.530. The first-order valence-electron chi connectivity index (χ1n) is 6.51. The number of hydrogen-bond acceptors (Lipinski definition) is 1. The monoisotopic (exact) mass is 208 g/mol. The van der Waals surface area contributed by atoms with E-state index in [4.69, 9.17) is 0 Å². The number of likely N-dealkylation sites (tertiary alicyclic amines) is 1. The van der Waals surface area contributed by atoms with Gasteiger partial charge in [0.15, 0.2) is 0 Å². The Morgan fingerprint density at radius 2 is 1.80 bits per heavy atom. The maximum absolute atomic E-state index is 4.42. The summed E-state index contributed by atoms with van der Waals surface area (Å²) < 4.78 is 0. The van der Waals surface area contributed by atoms with Crippen LogP contribution in [-0.2, 0) is 0 Å². The zero-order valence-corrected chi connectivity index (χ0v) is 10.2. The van der Waals surface area contributed by atoms with Crippen LogP contribution in [0.25, 0.3) is 0 Å². The molecule has 0 radical (unpaired) electrons. The van der Waals surface area contributed by atoms with Crippen LogP contribution in [0, 0.1) is 5.92 Å². The fraction of sp³-hybridized carbons (Fsp3) is 0.923. The lowest BCUT2D eigenvalue weighted by molar-refractivity contribution is 0.177. The van der Waals surface area contributed by atoms with Crippen molar-refractivity contribution in [1.82, 2.24) is 4.90 Å². The second-order valence-electron chi connectivity index (χ2n) is 5.11. The fourth-order valence-corrected chi connectivity index (χ4v) is 3.34. The van der Waals surface area contributed by atoms with Crippen molar-refractivity contribution in [3.8, 4) is 0 Å². The molecule has 0 amide bonds. The molecule has 1 saturated heterocycles. The second-order valence-corrected chi connectivity index (χ2v) is 5.11. The predicted octanol–water partition coefficient (Wildman–Crippen LogP) is 3.08. The molecule has 15 heavy (non-hydrogen) atoms. The quantitative estimate of drug-likeness (QED) is 0.597. The Balaban J connectivity index is 2.06. The van der Waals surface area contributed by atoms with Crippen LogP contribution in [0.3, 0.4) is 0 Å². The van der Waals surface area contributed by atoms with Crippen LogP contribution in [0.2, 0.25) is 0 Å². The van der Waals surface area contributed by atoms with Gasteiger partial charge in [-0.05, 0) is 25.2 Å². The summed E-state index contributed by atoms with van der Waals surface area (Å²) in [5.74, 6) is 2.28. The zero-order valence-electron chi connectivity index (χ0n) is 10.2. The molecular formula is C13H24N2. The Bertz CT molecular complexity index is 235. The van der Waals surface area contributed by atoms with E-state index in [-0.39, 0.29) is 0 Å². The van der Waals surface area contributed by atoms with E-state index in [0.29, 0.717) is 0 Å². The van der Waals surface area contributed by atoms with Gasteiger partial charge in [0.25, 0.3) is 0 Å². The minimum atomic E-state index is 0.790. The molecule has 1 aliphatic heterocycles. The van der Waals surface area contributed by atoms with Crippen molar-refractivity contribution >= 4 is 5.84 Å². The van der Waals surface area contributed by atoms with Crippen molar-refractivity contribution in [3.05, 3.63) is 0 Å². The Morgan fingerprint density at radius 3 is 2.53 bits per heavy atom. The number of amidine groups is 1. The first-order valence-corrected chi connectivity index (χ1v) is 6.51. The van der Waals surface area contributed by atoms with Crippen molar-refractivity contribution in [2.24, 2.45) is 10.9 Å². The van der Waals surface area contributed by atoms with Crippen LogP contribution in [0.15, 0.2) is 4.99 Å². The van der Waals surface area contributed by atoms with Gasteiger partial charge in [-0.1, -0.05) is 25.7 Å². The van der Waals surface area contributed by atoms with Gasteiger partial charge in [0.05, 0.1) is 5.84 Å². The fourth-order valence-electron chi connectivity index (χ4n) is 3.34. The summed E-state index contributed by atoms with van der Waals surface area (Å²) in [4.78, 5) is 6.89. The Labute approximate surface area is 93.8 Å². The topological polar surface area (TPSA) is 15.6 Å². The molecule has 2 fully saturated rings. The third kappa shape index (κ3) is 2.35. The average Bonchev–Trinajstić information content (AvgIpc) is 2.20. The molecule has 1 heterocycles. The van der Waals surface area contributed by atoms with Gasteiger partial charge in [-0.2, -0.15) is 0 Å². The standard InChI is InChI=1S/C13H24N2/c1-14-13-10-9-11-7-5-3-4-6-8-12(11)15(13)2/h11-12H,3-10H2,1-2H3. The van der Waals surface area contributed by atoms with E-state index in [0.717, 1.165) is 12.0 Å². The summed E-state index contributed by atoms with van der Waals surface area (Å²) in [6, 6.07) is 0.790. The lowest BCUT2D eigenvalue weighted by atomic mass is 9.80. The SMILES string of the molecule is CN=C1CCC2CCCCCCC2N1C.